The lowest BCUT2D eigenvalue weighted by atomic mass is 9.91. The van der Waals surface area contributed by atoms with Crippen LogP contribution in [0.2, 0.25) is 0 Å². The normalized spacial score (nSPS) is 13.8. The first-order chi connectivity index (χ1) is 22.4. The van der Waals surface area contributed by atoms with E-state index < -0.39 is 85.2 Å². The number of sulfonamides is 2. The van der Waals surface area contributed by atoms with Crippen LogP contribution >= 0.6 is 0 Å². The van der Waals surface area contributed by atoms with Crippen molar-refractivity contribution in [2.75, 3.05) is 19.8 Å². The van der Waals surface area contributed by atoms with Gasteiger partial charge in [-0.25, -0.2) is 16.8 Å². The lowest BCUT2D eigenvalue weighted by Crippen LogP contribution is -2.64. The summed E-state index contributed by atoms with van der Waals surface area (Å²) in [6.45, 7) is 4.53. The van der Waals surface area contributed by atoms with Crippen LogP contribution in [-0.4, -0.2) is 84.8 Å². The van der Waals surface area contributed by atoms with Gasteiger partial charge < -0.3 is 19.0 Å². The molecule has 288 valence electrons. The number of carbonyl (C=O) groups is 3. The van der Waals surface area contributed by atoms with Gasteiger partial charge in [-0.2, -0.15) is 47.9 Å². The molecule has 0 bridgehead atoms. The fourth-order valence-electron chi connectivity index (χ4n) is 2.98. The molecule has 0 heterocycles. The largest absolute Gasteiger partial charge is 0.512 e. The zero-order valence-electron chi connectivity index (χ0n) is 25.8. The molecular weight excluding hydrogens is 775 g/mol. The molecule has 0 aromatic heterocycles. The molecule has 0 atom stereocenters. The predicted molar refractivity (Wildman–Crippen MR) is 150 cm³/mol. The Balaban J connectivity index is 2.76. The number of amides is 1. The molecule has 14 nitrogen and oxygen atoms in total. The van der Waals surface area contributed by atoms with Crippen LogP contribution in [0.25, 0.3) is 0 Å². The van der Waals surface area contributed by atoms with E-state index in [0.29, 0.717) is 18.6 Å². The first-order valence-electron chi connectivity index (χ1n) is 13.5. The quantitative estimate of drug-likeness (QED) is 0.0897. The zero-order chi connectivity index (χ0) is 39.2. The summed E-state index contributed by atoms with van der Waals surface area (Å²) in [7, 11) is -22.6. The number of hydrogen-bond acceptors (Lipinski definition) is 12. The van der Waals surface area contributed by atoms with Crippen molar-refractivity contribution in [1.82, 2.24) is 9.44 Å². The first kappa shape index (κ1) is 44.6. The van der Waals surface area contributed by atoms with E-state index in [9.17, 15) is 79.2 Å². The Morgan fingerprint density at radius 2 is 1.26 bits per heavy atom. The molecule has 0 spiro atoms. The van der Waals surface area contributed by atoms with Crippen molar-refractivity contribution in [2.24, 2.45) is 5.41 Å². The van der Waals surface area contributed by atoms with Crippen molar-refractivity contribution in [3.05, 3.63) is 29.8 Å². The Bertz CT molecular complexity index is 1720. The van der Waals surface area contributed by atoms with Crippen LogP contribution in [0.15, 0.2) is 24.3 Å². The van der Waals surface area contributed by atoms with E-state index in [0.717, 1.165) is 12.1 Å². The number of rotatable bonds is 19. The van der Waals surface area contributed by atoms with Gasteiger partial charge in [0, 0.05) is 13.0 Å². The maximum Gasteiger partial charge on any atom is 0.512 e. The lowest BCUT2D eigenvalue weighted by molar-refractivity contribution is -0.245. The van der Waals surface area contributed by atoms with Gasteiger partial charge in [-0.1, -0.05) is 23.2 Å². The molecule has 0 aliphatic rings. The summed E-state index contributed by atoms with van der Waals surface area (Å²) in [5, 5.41) is -12.3. The molecule has 50 heavy (non-hydrogen) atoms. The third kappa shape index (κ3) is 10.6. The Hall–Kier alpha value is -3.39. The minimum atomic E-state index is -7.93. The van der Waals surface area contributed by atoms with Gasteiger partial charge in [0.2, 0.25) is 5.91 Å². The first-order valence-corrected chi connectivity index (χ1v) is 17.9. The molecule has 1 aromatic rings. The summed E-state index contributed by atoms with van der Waals surface area (Å²) in [6, 6.07) is 2.91. The Kier molecular flexibility index (Phi) is 14.2. The molecule has 0 fully saturated rings. The summed E-state index contributed by atoms with van der Waals surface area (Å²) >= 11 is 0. The SMILES string of the molecule is CCC(C)(C)C(=O)OCCOC(=O)CCC(=O)NCCc1ccc(OS(=O)(=O)C(F)(F)C(F)(F)C(F)(F)S(=O)(=O)NS(=O)(=O)C(F)(F)F)cc1. The maximum absolute atomic E-state index is 14.3. The molecule has 1 amide bonds. The van der Waals surface area contributed by atoms with E-state index in [4.69, 9.17) is 9.47 Å². The third-order valence-corrected chi connectivity index (χ3v) is 10.9. The van der Waals surface area contributed by atoms with Crippen LogP contribution in [0.5, 0.6) is 5.75 Å². The van der Waals surface area contributed by atoms with Crippen molar-refractivity contribution in [2.45, 2.75) is 68.4 Å². The summed E-state index contributed by atoms with van der Waals surface area (Å²) in [5.41, 5.74) is -7.23. The second-order valence-corrected chi connectivity index (χ2v) is 15.8. The minimum absolute atomic E-state index is 0.0607. The van der Waals surface area contributed by atoms with E-state index in [-0.39, 0.29) is 44.6 Å². The van der Waals surface area contributed by atoms with E-state index in [1.54, 1.807) is 20.8 Å². The topological polar surface area (TPSA) is 205 Å². The van der Waals surface area contributed by atoms with Gasteiger partial charge >= 0.3 is 54.0 Å². The molecule has 0 unspecified atom stereocenters. The highest BCUT2D eigenvalue weighted by Crippen LogP contribution is 2.51. The van der Waals surface area contributed by atoms with E-state index in [1.165, 1.54) is 0 Å². The average molecular weight is 805 g/mol. The van der Waals surface area contributed by atoms with Crippen LogP contribution < -0.4 is 13.6 Å². The van der Waals surface area contributed by atoms with Gasteiger partial charge in [0.15, 0.2) is 0 Å². The number of esters is 2. The van der Waals surface area contributed by atoms with Crippen molar-refractivity contribution in [3.8, 4) is 5.75 Å². The molecule has 0 aliphatic heterocycles. The fraction of sp³-hybridized carbons (Fsp3) is 0.625. The van der Waals surface area contributed by atoms with Gasteiger partial charge in [-0.15, -0.1) is 0 Å². The predicted octanol–water partition coefficient (Wildman–Crippen LogP) is 2.95. The average Bonchev–Trinajstić information content (AvgIpc) is 2.97. The summed E-state index contributed by atoms with van der Waals surface area (Å²) in [5.74, 6) is -10.8. The van der Waals surface area contributed by atoms with Crippen molar-refractivity contribution >= 4 is 48.0 Å². The smallest absolute Gasteiger partial charge is 0.462 e. The number of ether oxygens (including phenoxy) is 2. The van der Waals surface area contributed by atoms with E-state index >= 15 is 0 Å². The molecule has 0 aliphatic carbocycles. The van der Waals surface area contributed by atoms with Crippen molar-refractivity contribution in [3.63, 3.8) is 0 Å². The molecule has 0 saturated heterocycles. The van der Waals surface area contributed by atoms with Crippen LogP contribution in [0, 0.1) is 5.41 Å². The van der Waals surface area contributed by atoms with Gasteiger partial charge in [-0.3, -0.25) is 14.4 Å². The Labute approximate surface area is 279 Å². The van der Waals surface area contributed by atoms with Crippen LogP contribution in [0.4, 0.5) is 39.5 Å². The van der Waals surface area contributed by atoms with Gasteiger partial charge in [-0.05, 0) is 44.4 Å². The zero-order valence-corrected chi connectivity index (χ0v) is 28.2. The number of hydrogen-bond donors (Lipinski definition) is 2. The summed E-state index contributed by atoms with van der Waals surface area (Å²) in [6.07, 6.45) is -0.236. The molecule has 2 N–H and O–H groups in total. The maximum atomic E-state index is 14.3. The molecule has 0 saturated carbocycles. The van der Waals surface area contributed by atoms with Gasteiger partial charge in [0.05, 0.1) is 11.8 Å². The van der Waals surface area contributed by atoms with E-state index in [2.05, 4.69) is 9.50 Å². The van der Waals surface area contributed by atoms with Crippen LogP contribution in [0.3, 0.4) is 0 Å². The number of alkyl halides is 9. The third-order valence-electron chi connectivity index (χ3n) is 6.34. The number of nitrogens with one attached hydrogen (secondary N) is 2. The standard InChI is InChI=1S/C24H29F9N2O12S3/c1-4-20(2,3)19(38)46-14-13-45-18(37)10-9-17(36)34-12-11-15-5-7-16(8-6-15)47-50(43,44)23(29,30)21(25,26)22(27,28)48(39,40)35-49(41,42)24(31,32)33/h5-8,35H,4,9-14H2,1-3H3,(H,34,36). The number of carbonyl (C=O) groups excluding carboxylic acids is 3. The second-order valence-electron chi connectivity index (χ2n) is 10.5. The minimum Gasteiger partial charge on any atom is -0.462 e. The van der Waals surface area contributed by atoms with Gasteiger partial charge in [0.1, 0.15) is 19.0 Å². The molecule has 1 aromatic carbocycles. The monoisotopic (exact) mass is 804 g/mol. The molecular formula is C24H29F9N2O12S3. The highest BCUT2D eigenvalue weighted by Gasteiger charge is 2.83. The summed E-state index contributed by atoms with van der Waals surface area (Å²) in [4.78, 5) is 35.5. The Morgan fingerprint density at radius 1 is 0.740 bits per heavy atom. The second kappa shape index (κ2) is 15.9. The fourth-order valence-corrected chi connectivity index (χ4v) is 6.38. The molecule has 1 rings (SSSR count). The number of halogens is 9. The van der Waals surface area contributed by atoms with Crippen LogP contribution in [-0.2, 0) is 60.4 Å². The van der Waals surface area contributed by atoms with Crippen LogP contribution in [0.1, 0.15) is 45.6 Å². The van der Waals surface area contributed by atoms with E-state index in [1.807, 2.05) is 0 Å². The molecule has 0 radical (unpaired) electrons. The Morgan fingerprint density at radius 3 is 1.76 bits per heavy atom. The van der Waals surface area contributed by atoms with Crippen molar-refractivity contribution < 1.29 is 92.8 Å². The lowest BCUT2D eigenvalue weighted by Gasteiger charge is -2.31. The molecule has 26 heteroatoms. The van der Waals surface area contributed by atoms with Crippen molar-refractivity contribution in [1.29, 1.82) is 0 Å². The highest BCUT2D eigenvalue weighted by atomic mass is 32.3. The summed E-state index contributed by atoms with van der Waals surface area (Å²) < 4.78 is 203. The highest BCUT2D eigenvalue weighted by molar-refractivity contribution is 8.05. The number of benzene rings is 1. The van der Waals surface area contributed by atoms with Gasteiger partial charge in [0.25, 0.3) is 10.0 Å².